The number of hydrogen-bond donors (Lipinski definition) is 2. The maximum Gasteiger partial charge on any atom is 0.0794 e. The predicted molar refractivity (Wildman–Crippen MR) is 85.5 cm³/mol. The van der Waals surface area contributed by atoms with Crippen molar-refractivity contribution in [2.45, 2.75) is 51.8 Å². The first-order valence-electron chi connectivity index (χ1n) is 7.36. The van der Waals surface area contributed by atoms with Gasteiger partial charge < -0.3 is 15.3 Å². The third kappa shape index (κ3) is 4.11. The molecule has 1 aromatic rings. The zero-order valence-corrected chi connectivity index (χ0v) is 13.4. The van der Waals surface area contributed by atoms with Crippen LogP contribution in [0.2, 0.25) is 5.02 Å². The molecule has 1 aromatic carbocycles. The molecule has 1 aliphatic heterocycles. The number of aliphatic hydroxyl groups is 1. The summed E-state index contributed by atoms with van der Waals surface area (Å²) in [6.07, 6.45) is 1.88. The summed E-state index contributed by atoms with van der Waals surface area (Å²) in [5, 5.41) is 14.4. The zero-order valence-electron chi connectivity index (χ0n) is 12.6. The normalized spacial score (nSPS) is 23.4. The van der Waals surface area contributed by atoms with Gasteiger partial charge in [-0.2, -0.15) is 0 Å². The molecule has 4 heteroatoms. The van der Waals surface area contributed by atoms with Crippen LogP contribution in [0.15, 0.2) is 18.2 Å². The highest BCUT2D eigenvalue weighted by molar-refractivity contribution is 6.31. The summed E-state index contributed by atoms with van der Waals surface area (Å²) < 4.78 is 0. The number of anilines is 1. The lowest BCUT2D eigenvalue weighted by Gasteiger charge is -2.38. The van der Waals surface area contributed by atoms with E-state index < -0.39 is 5.60 Å². The Kier molecular flexibility index (Phi) is 4.95. The van der Waals surface area contributed by atoms with Crippen molar-refractivity contribution in [3.63, 3.8) is 0 Å². The monoisotopic (exact) mass is 296 g/mol. The molecule has 1 saturated heterocycles. The van der Waals surface area contributed by atoms with E-state index in [0.717, 1.165) is 42.2 Å². The largest absolute Gasteiger partial charge is 0.388 e. The molecule has 0 aliphatic carbocycles. The Balaban J connectivity index is 2.08. The van der Waals surface area contributed by atoms with E-state index in [1.54, 1.807) is 0 Å². The fourth-order valence-corrected chi connectivity index (χ4v) is 2.87. The smallest absolute Gasteiger partial charge is 0.0794 e. The number of halogens is 1. The molecule has 1 atom stereocenters. The lowest BCUT2D eigenvalue weighted by atomic mass is 9.94. The van der Waals surface area contributed by atoms with Crippen LogP contribution >= 0.6 is 11.6 Å². The molecule has 0 amide bonds. The van der Waals surface area contributed by atoms with Crippen molar-refractivity contribution in [2.24, 2.45) is 0 Å². The average molecular weight is 297 g/mol. The summed E-state index contributed by atoms with van der Waals surface area (Å²) >= 11 is 6.37. The number of β-amino-alcohol motifs (C(OH)–C–C–N with tert-alkyl or cyclic N) is 1. The number of nitrogens with one attached hydrogen (secondary N) is 1. The Morgan fingerprint density at radius 1 is 1.45 bits per heavy atom. The van der Waals surface area contributed by atoms with E-state index in [1.807, 2.05) is 13.0 Å². The third-order valence-corrected chi connectivity index (χ3v) is 4.13. The van der Waals surface area contributed by atoms with Crippen molar-refractivity contribution in [2.75, 3.05) is 18.0 Å². The summed E-state index contributed by atoms with van der Waals surface area (Å²) in [4.78, 5) is 2.22. The van der Waals surface area contributed by atoms with Crippen LogP contribution < -0.4 is 10.2 Å². The first-order valence-corrected chi connectivity index (χ1v) is 7.74. The molecule has 112 valence electrons. The van der Waals surface area contributed by atoms with E-state index in [0.29, 0.717) is 12.6 Å². The predicted octanol–water partition coefficient (Wildman–Crippen LogP) is 3.19. The SMILES string of the molecule is CC(C)NCc1ccc(N2CCCC(C)(O)C2)cc1Cl. The Hall–Kier alpha value is -0.770. The molecular formula is C16H25ClN2O. The molecule has 1 fully saturated rings. The number of rotatable bonds is 4. The minimum Gasteiger partial charge on any atom is -0.388 e. The van der Waals surface area contributed by atoms with Gasteiger partial charge in [-0.25, -0.2) is 0 Å². The topological polar surface area (TPSA) is 35.5 Å². The molecule has 20 heavy (non-hydrogen) atoms. The van der Waals surface area contributed by atoms with Crippen LogP contribution in [0.1, 0.15) is 39.2 Å². The van der Waals surface area contributed by atoms with Crippen molar-refractivity contribution in [1.29, 1.82) is 0 Å². The molecule has 2 N–H and O–H groups in total. The van der Waals surface area contributed by atoms with Gasteiger partial charge in [-0.1, -0.05) is 31.5 Å². The van der Waals surface area contributed by atoms with Crippen LogP contribution in [0, 0.1) is 0 Å². The van der Waals surface area contributed by atoms with Crippen molar-refractivity contribution in [3.8, 4) is 0 Å². The number of benzene rings is 1. The van der Waals surface area contributed by atoms with E-state index in [9.17, 15) is 5.11 Å². The van der Waals surface area contributed by atoms with Gasteiger partial charge in [0.05, 0.1) is 5.60 Å². The average Bonchev–Trinajstić information content (AvgIpc) is 2.36. The second kappa shape index (κ2) is 6.33. The van der Waals surface area contributed by atoms with E-state index in [2.05, 4.69) is 36.2 Å². The highest BCUT2D eigenvalue weighted by Gasteiger charge is 2.28. The van der Waals surface area contributed by atoms with Gasteiger partial charge >= 0.3 is 0 Å². The van der Waals surface area contributed by atoms with Crippen molar-refractivity contribution < 1.29 is 5.11 Å². The molecule has 2 rings (SSSR count). The van der Waals surface area contributed by atoms with Gasteiger partial charge in [0, 0.05) is 36.4 Å². The number of piperidine rings is 1. The molecule has 0 saturated carbocycles. The molecule has 0 bridgehead atoms. The quantitative estimate of drug-likeness (QED) is 0.896. The summed E-state index contributed by atoms with van der Waals surface area (Å²) in [7, 11) is 0. The van der Waals surface area contributed by atoms with Crippen LogP contribution in [0.3, 0.4) is 0 Å². The Bertz CT molecular complexity index is 460. The maximum absolute atomic E-state index is 10.2. The van der Waals surface area contributed by atoms with E-state index in [-0.39, 0.29) is 0 Å². The summed E-state index contributed by atoms with van der Waals surface area (Å²) in [5.74, 6) is 0. The fourth-order valence-electron chi connectivity index (χ4n) is 2.63. The third-order valence-electron chi connectivity index (χ3n) is 3.78. The molecule has 3 nitrogen and oxygen atoms in total. The lowest BCUT2D eigenvalue weighted by Crippen LogP contribution is -2.46. The van der Waals surface area contributed by atoms with Gasteiger partial charge in [-0.15, -0.1) is 0 Å². The van der Waals surface area contributed by atoms with Gasteiger partial charge in [0.25, 0.3) is 0 Å². The van der Waals surface area contributed by atoms with E-state index >= 15 is 0 Å². The zero-order chi connectivity index (χ0) is 14.8. The van der Waals surface area contributed by atoms with Gasteiger partial charge in [0.15, 0.2) is 0 Å². The molecular weight excluding hydrogens is 272 g/mol. The fraction of sp³-hybridized carbons (Fsp3) is 0.625. The summed E-state index contributed by atoms with van der Waals surface area (Å²) in [5.41, 5.74) is 1.62. The minimum atomic E-state index is -0.595. The van der Waals surface area contributed by atoms with E-state index in [1.165, 1.54) is 0 Å². The highest BCUT2D eigenvalue weighted by Crippen LogP contribution is 2.29. The van der Waals surface area contributed by atoms with Gasteiger partial charge in [0.1, 0.15) is 0 Å². The molecule has 1 heterocycles. The van der Waals surface area contributed by atoms with Gasteiger partial charge in [0.2, 0.25) is 0 Å². The van der Waals surface area contributed by atoms with Crippen LogP contribution in [-0.4, -0.2) is 29.8 Å². The van der Waals surface area contributed by atoms with Crippen LogP contribution in [0.4, 0.5) is 5.69 Å². The molecule has 0 radical (unpaired) electrons. The van der Waals surface area contributed by atoms with Crippen molar-refractivity contribution >= 4 is 17.3 Å². The summed E-state index contributed by atoms with van der Waals surface area (Å²) in [6, 6.07) is 6.64. The Morgan fingerprint density at radius 2 is 2.20 bits per heavy atom. The second-order valence-corrected chi connectivity index (χ2v) is 6.74. The molecule has 0 aromatic heterocycles. The van der Waals surface area contributed by atoms with Crippen molar-refractivity contribution in [3.05, 3.63) is 28.8 Å². The number of hydrogen-bond acceptors (Lipinski definition) is 3. The van der Waals surface area contributed by atoms with Crippen LogP contribution in [0.25, 0.3) is 0 Å². The van der Waals surface area contributed by atoms with Crippen molar-refractivity contribution in [1.82, 2.24) is 5.32 Å². The second-order valence-electron chi connectivity index (χ2n) is 6.33. The molecule has 1 unspecified atom stereocenters. The molecule has 1 aliphatic rings. The minimum absolute atomic E-state index is 0.447. The first-order chi connectivity index (χ1) is 9.37. The molecule has 0 spiro atoms. The van der Waals surface area contributed by atoms with Crippen LogP contribution in [0.5, 0.6) is 0 Å². The van der Waals surface area contributed by atoms with Crippen LogP contribution in [-0.2, 0) is 6.54 Å². The highest BCUT2D eigenvalue weighted by atomic mass is 35.5. The Labute approximate surface area is 126 Å². The lowest BCUT2D eigenvalue weighted by molar-refractivity contribution is 0.0449. The maximum atomic E-state index is 10.2. The van der Waals surface area contributed by atoms with Gasteiger partial charge in [-0.3, -0.25) is 0 Å². The van der Waals surface area contributed by atoms with E-state index in [4.69, 9.17) is 11.6 Å². The standard InChI is InChI=1S/C16H25ClN2O/c1-12(2)18-10-13-5-6-14(9-15(13)17)19-8-4-7-16(3,20)11-19/h5-6,9,12,18,20H,4,7-8,10-11H2,1-3H3. The van der Waals surface area contributed by atoms with Gasteiger partial charge in [-0.05, 0) is 37.5 Å². The first kappa shape index (κ1) is 15.6. The Morgan fingerprint density at radius 3 is 2.80 bits per heavy atom. The number of nitrogens with zero attached hydrogens (tertiary/aromatic N) is 1. The summed E-state index contributed by atoms with van der Waals surface area (Å²) in [6.45, 7) is 8.59.